The standard InChI is InChI=1S/C28H35ClF2N6O2.C2H6/c1-18-15-35(23(20-13-28(30,31)14-20)19-5-7-21(29)8-6-19)11-12-37(18)24-22-25(34(2)26(38)33-24)36(17-32-22)16-27(39)9-3-4-10-27;1-2/h5-8,17-18,20,23,39H,3-4,9-16H2,1-2H3;1-2H3. The number of hydrogen-bond donors (Lipinski definition) is 1. The minimum absolute atomic E-state index is 0.0268. The number of hydrogen-bond acceptors (Lipinski definition) is 6. The zero-order valence-electron chi connectivity index (χ0n) is 24.4. The fraction of sp³-hybridized carbons (Fsp3) is 0.633. The van der Waals surface area contributed by atoms with Crippen molar-refractivity contribution >= 4 is 28.6 Å². The Morgan fingerprint density at radius 3 is 2.39 bits per heavy atom. The van der Waals surface area contributed by atoms with Crippen LogP contribution in [0.25, 0.3) is 11.2 Å². The Hall–Kier alpha value is -2.56. The third-order valence-electron chi connectivity index (χ3n) is 8.93. The van der Waals surface area contributed by atoms with E-state index in [1.807, 2.05) is 42.7 Å². The molecule has 1 aromatic carbocycles. The number of aliphatic hydroxyl groups is 1. The van der Waals surface area contributed by atoms with Gasteiger partial charge >= 0.3 is 5.69 Å². The van der Waals surface area contributed by atoms with Crippen LogP contribution in [0.4, 0.5) is 14.6 Å². The number of nitrogens with zero attached hydrogens (tertiary/aromatic N) is 6. The van der Waals surface area contributed by atoms with Crippen LogP contribution in [-0.2, 0) is 13.6 Å². The molecule has 41 heavy (non-hydrogen) atoms. The summed E-state index contributed by atoms with van der Waals surface area (Å²) in [5.41, 5.74) is 1.12. The second-order valence-corrected chi connectivity index (χ2v) is 12.2. The van der Waals surface area contributed by atoms with Crippen LogP contribution in [0, 0.1) is 5.92 Å². The normalized spacial score (nSPS) is 23.2. The summed E-state index contributed by atoms with van der Waals surface area (Å²) in [5.74, 6) is -2.20. The zero-order chi connectivity index (χ0) is 29.5. The van der Waals surface area contributed by atoms with Gasteiger partial charge in [-0.1, -0.05) is 50.4 Å². The van der Waals surface area contributed by atoms with E-state index in [1.54, 1.807) is 13.4 Å². The first-order valence-electron chi connectivity index (χ1n) is 14.8. The number of aryl methyl sites for hydroxylation is 1. The summed E-state index contributed by atoms with van der Waals surface area (Å²) in [4.78, 5) is 26.5. The van der Waals surface area contributed by atoms with Gasteiger partial charge in [0.05, 0.1) is 18.5 Å². The van der Waals surface area contributed by atoms with Gasteiger partial charge in [-0.15, -0.1) is 0 Å². The van der Waals surface area contributed by atoms with Gasteiger partial charge in [0.15, 0.2) is 5.82 Å². The summed E-state index contributed by atoms with van der Waals surface area (Å²) in [6.07, 6.45) is 4.92. The fourth-order valence-corrected chi connectivity index (χ4v) is 7.07. The largest absolute Gasteiger partial charge is 0.388 e. The average Bonchev–Trinajstić information content (AvgIpc) is 3.54. The monoisotopic (exact) mass is 590 g/mol. The van der Waals surface area contributed by atoms with Crippen LogP contribution < -0.4 is 10.6 Å². The highest BCUT2D eigenvalue weighted by Gasteiger charge is 2.50. The Bertz CT molecular complexity index is 1410. The molecule has 3 heterocycles. The Balaban J connectivity index is 0.00000165. The maximum atomic E-state index is 13.9. The van der Waals surface area contributed by atoms with Gasteiger partial charge in [0.1, 0.15) is 11.2 Å². The van der Waals surface area contributed by atoms with Crippen molar-refractivity contribution in [1.82, 2.24) is 24.0 Å². The SMILES string of the molecule is CC.CC1CN(C(c2ccc(Cl)cc2)C2CC(F)(F)C2)CCN1c1nc(=O)n(C)c2c1ncn2CC1(O)CCCC1. The molecule has 1 aliphatic heterocycles. The molecule has 3 aliphatic rings. The first kappa shape index (κ1) is 29.9. The van der Waals surface area contributed by atoms with Crippen molar-refractivity contribution in [2.45, 2.75) is 89.4 Å². The van der Waals surface area contributed by atoms with Gasteiger partial charge in [-0.25, -0.2) is 18.6 Å². The number of halogens is 3. The summed E-state index contributed by atoms with van der Waals surface area (Å²) in [6, 6.07) is 7.36. The topological polar surface area (TPSA) is 79.4 Å². The van der Waals surface area contributed by atoms with Crippen molar-refractivity contribution in [3.63, 3.8) is 0 Å². The molecule has 224 valence electrons. The van der Waals surface area contributed by atoms with Gasteiger partial charge < -0.3 is 14.6 Å². The van der Waals surface area contributed by atoms with Crippen LogP contribution in [0.2, 0.25) is 5.02 Å². The molecule has 0 radical (unpaired) electrons. The van der Waals surface area contributed by atoms with Crippen molar-refractivity contribution < 1.29 is 13.9 Å². The number of imidazole rings is 1. The Kier molecular flexibility index (Phi) is 8.47. The van der Waals surface area contributed by atoms with Crippen molar-refractivity contribution in [3.8, 4) is 0 Å². The molecule has 6 rings (SSSR count). The van der Waals surface area contributed by atoms with E-state index in [1.165, 1.54) is 4.57 Å². The molecule has 2 unspecified atom stereocenters. The maximum Gasteiger partial charge on any atom is 0.350 e. The number of aromatic nitrogens is 4. The molecule has 3 fully saturated rings. The van der Waals surface area contributed by atoms with Crippen molar-refractivity contribution in [2.24, 2.45) is 13.0 Å². The molecule has 0 bridgehead atoms. The van der Waals surface area contributed by atoms with Gasteiger partial charge in [-0.3, -0.25) is 9.47 Å². The fourth-order valence-electron chi connectivity index (χ4n) is 6.94. The molecule has 3 aromatic rings. The quantitative estimate of drug-likeness (QED) is 0.413. The molecule has 0 spiro atoms. The van der Waals surface area contributed by atoms with Crippen molar-refractivity contribution in [3.05, 3.63) is 51.7 Å². The summed E-state index contributed by atoms with van der Waals surface area (Å²) in [7, 11) is 1.69. The molecule has 2 aromatic heterocycles. The van der Waals surface area contributed by atoms with E-state index >= 15 is 0 Å². The molecule has 1 N–H and O–H groups in total. The predicted octanol–water partition coefficient (Wildman–Crippen LogP) is 5.41. The van der Waals surface area contributed by atoms with Crippen molar-refractivity contribution in [2.75, 3.05) is 24.5 Å². The number of benzene rings is 1. The van der Waals surface area contributed by atoms with Gasteiger partial charge in [0.25, 0.3) is 0 Å². The maximum absolute atomic E-state index is 13.9. The van der Waals surface area contributed by atoms with Crippen LogP contribution >= 0.6 is 11.6 Å². The van der Waals surface area contributed by atoms with Crippen LogP contribution in [0.1, 0.15) is 70.9 Å². The van der Waals surface area contributed by atoms with Gasteiger partial charge in [-0.2, -0.15) is 4.98 Å². The summed E-state index contributed by atoms with van der Waals surface area (Å²) in [5, 5.41) is 11.6. The van der Waals surface area contributed by atoms with Gasteiger partial charge in [0, 0.05) is 56.6 Å². The van der Waals surface area contributed by atoms with E-state index < -0.39 is 11.5 Å². The lowest BCUT2D eigenvalue weighted by atomic mass is 9.73. The zero-order valence-corrected chi connectivity index (χ0v) is 25.1. The molecular formula is C30H41ClF2N6O2. The Morgan fingerprint density at radius 2 is 1.78 bits per heavy atom. The number of piperazine rings is 1. The van der Waals surface area contributed by atoms with E-state index in [-0.39, 0.29) is 36.5 Å². The summed E-state index contributed by atoms with van der Waals surface area (Å²) >= 11 is 6.12. The second kappa shape index (κ2) is 11.6. The predicted molar refractivity (Wildman–Crippen MR) is 158 cm³/mol. The molecular weight excluding hydrogens is 550 g/mol. The smallest absolute Gasteiger partial charge is 0.350 e. The highest BCUT2D eigenvalue weighted by molar-refractivity contribution is 6.30. The average molecular weight is 591 g/mol. The Labute approximate surface area is 244 Å². The number of fused-ring (bicyclic) bond motifs is 1. The lowest BCUT2D eigenvalue weighted by Crippen LogP contribution is -2.56. The van der Waals surface area contributed by atoms with Crippen LogP contribution in [-0.4, -0.2) is 66.3 Å². The van der Waals surface area contributed by atoms with Crippen LogP contribution in [0.3, 0.4) is 0 Å². The molecule has 11 heteroatoms. The summed E-state index contributed by atoms with van der Waals surface area (Å²) in [6.45, 7) is 8.31. The highest BCUT2D eigenvalue weighted by Crippen LogP contribution is 2.50. The molecule has 2 saturated carbocycles. The Morgan fingerprint density at radius 1 is 1.12 bits per heavy atom. The molecule has 1 saturated heterocycles. The van der Waals surface area contributed by atoms with E-state index in [0.717, 1.165) is 31.2 Å². The molecule has 2 atom stereocenters. The van der Waals surface area contributed by atoms with Crippen LogP contribution in [0.5, 0.6) is 0 Å². The van der Waals surface area contributed by atoms with E-state index in [9.17, 15) is 18.7 Å². The minimum Gasteiger partial charge on any atom is -0.388 e. The number of rotatable bonds is 6. The third kappa shape index (κ3) is 5.88. The molecule has 0 amide bonds. The molecule has 2 aliphatic carbocycles. The minimum atomic E-state index is -2.60. The number of anilines is 1. The lowest BCUT2D eigenvalue weighted by Gasteiger charge is -2.49. The van der Waals surface area contributed by atoms with Gasteiger partial charge in [0.2, 0.25) is 5.92 Å². The van der Waals surface area contributed by atoms with Gasteiger partial charge in [-0.05, 0) is 43.4 Å². The molecule has 8 nitrogen and oxygen atoms in total. The first-order valence-corrected chi connectivity index (χ1v) is 15.2. The highest BCUT2D eigenvalue weighted by atomic mass is 35.5. The van der Waals surface area contributed by atoms with Crippen LogP contribution in [0.15, 0.2) is 35.4 Å². The number of alkyl halides is 2. The van der Waals surface area contributed by atoms with E-state index in [2.05, 4.69) is 26.7 Å². The summed E-state index contributed by atoms with van der Waals surface area (Å²) < 4.78 is 31.2. The van der Waals surface area contributed by atoms with Crippen molar-refractivity contribution in [1.29, 1.82) is 0 Å². The third-order valence-corrected chi connectivity index (χ3v) is 9.18. The first-order chi connectivity index (χ1) is 19.5. The van der Waals surface area contributed by atoms with E-state index in [4.69, 9.17) is 11.6 Å². The second-order valence-electron chi connectivity index (χ2n) is 11.8. The van der Waals surface area contributed by atoms with E-state index in [0.29, 0.717) is 48.2 Å². The lowest BCUT2D eigenvalue weighted by molar-refractivity contribution is -0.133.